The number of aryl methyl sites for hydroxylation is 1. The molecule has 2 rings (SSSR count). The van der Waals surface area contributed by atoms with Crippen molar-refractivity contribution in [2.45, 2.75) is 20.0 Å². The van der Waals surface area contributed by atoms with Gasteiger partial charge < -0.3 is 9.84 Å². The van der Waals surface area contributed by atoms with E-state index in [2.05, 4.69) is 4.98 Å². The van der Waals surface area contributed by atoms with E-state index in [-0.39, 0.29) is 5.69 Å². The van der Waals surface area contributed by atoms with Crippen LogP contribution in [0.15, 0.2) is 36.5 Å². The smallest absolute Gasteiger partial charge is 0.269 e. The number of benzene rings is 1. The van der Waals surface area contributed by atoms with Gasteiger partial charge in [-0.25, -0.2) is 4.98 Å². The quantitative estimate of drug-likeness (QED) is 0.683. The third-order valence-corrected chi connectivity index (χ3v) is 2.83. The Labute approximate surface area is 115 Å². The number of hydrogen-bond acceptors (Lipinski definition) is 5. The number of aliphatic hydroxyl groups is 1. The van der Waals surface area contributed by atoms with E-state index in [4.69, 9.17) is 4.74 Å². The van der Waals surface area contributed by atoms with Gasteiger partial charge in [0.15, 0.2) is 0 Å². The standard InChI is InChI=1S/C14H14N2O4/c1-9-8-11(16(18)19)5-6-13(9)20-14-12(10(2)17)4-3-7-15-14/h3-8,10,17H,1-2H3. The molecule has 1 aromatic carbocycles. The Balaban J connectivity index is 2.33. The summed E-state index contributed by atoms with van der Waals surface area (Å²) in [6, 6.07) is 7.74. The fourth-order valence-electron chi connectivity index (χ4n) is 1.77. The van der Waals surface area contributed by atoms with Crippen LogP contribution in [-0.4, -0.2) is 15.0 Å². The molecule has 1 aromatic heterocycles. The van der Waals surface area contributed by atoms with Crippen LogP contribution in [0.5, 0.6) is 11.6 Å². The van der Waals surface area contributed by atoms with E-state index < -0.39 is 11.0 Å². The number of nitro benzene ring substituents is 1. The van der Waals surface area contributed by atoms with Crippen LogP contribution in [0.2, 0.25) is 0 Å². The number of non-ortho nitro benzene ring substituents is 1. The predicted octanol–water partition coefficient (Wildman–Crippen LogP) is 3.14. The first kappa shape index (κ1) is 14.0. The molecular weight excluding hydrogens is 260 g/mol. The highest BCUT2D eigenvalue weighted by Crippen LogP contribution is 2.30. The average Bonchev–Trinajstić information content (AvgIpc) is 2.41. The number of hydrogen-bond donors (Lipinski definition) is 1. The summed E-state index contributed by atoms with van der Waals surface area (Å²) in [5.74, 6) is 0.760. The summed E-state index contributed by atoms with van der Waals surface area (Å²) >= 11 is 0. The largest absolute Gasteiger partial charge is 0.438 e. The van der Waals surface area contributed by atoms with Crippen molar-refractivity contribution in [3.8, 4) is 11.6 Å². The first-order chi connectivity index (χ1) is 9.49. The number of nitro groups is 1. The fraction of sp³-hybridized carbons (Fsp3) is 0.214. The van der Waals surface area contributed by atoms with Crippen molar-refractivity contribution < 1.29 is 14.8 Å². The molecule has 0 radical (unpaired) electrons. The maximum Gasteiger partial charge on any atom is 0.269 e. The zero-order valence-corrected chi connectivity index (χ0v) is 11.1. The molecule has 20 heavy (non-hydrogen) atoms. The van der Waals surface area contributed by atoms with Crippen molar-refractivity contribution >= 4 is 5.69 Å². The molecule has 1 unspecified atom stereocenters. The molecule has 104 valence electrons. The molecule has 0 saturated carbocycles. The summed E-state index contributed by atoms with van der Waals surface area (Å²) < 4.78 is 5.64. The van der Waals surface area contributed by atoms with Crippen LogP contribution in [0.1, 0.15) is 24.2 Å². The predicted molar refractivity (Wildman–Crippen MR) is 72.8 cm³/mol. The summed E-state index contributed by atoms with van der Waals surface area (Å²) in [5.41, 5.74) is 1.19. The van der Waals surface area contributed by atoms with Gasteiger partial charge in [0.25, 0.3) is 5.69 Å². The Bertz CT molecular complexity index is 641. The zero-order chi connectivity index (χ0) is 14.7. The highest BCUT2D eigenvalue weighted by atomic mass is 16.6. The highest BCUT2D eigenvalue weighted by Gasteiger charge is 2.14. The number of aromatic nitrogens is 1. The van der Waals surface area contributed by atoms with Crippen molar-refractivity contribution in [3.05, 3.63) is 57.8 Å². The summed E-state index contributed by atoms with van der Waals surface area (Å²) in [6.45, 7) is 3.33. The number of nitrogens with zero attached hydrogens (tertiary/aromatic N) is 2. The van der Waals surface area contributed by atoms with Gasteiger partial charge >= 0.3 is 0 Å². The lowest BCUT2D eigenvalue weighted by Crippen LogP contribution is -1.99. The van der Waals surface area contributed by atoms with Crippen LogP contribution < -0.4 is 4.74 Å². The van der Waals surface area contributed by atoms with E-state index in [1.165, 1.54) is 18.2 Å². The molecule has 1 N–H and O–H groups in total. The summed E-state index contributed by atoms with van der Waals surface area (Å²) in [6.07, 6.45) is 0.846. The Morgan fingerprint density at radius 1 is 1.40 bits per heavy atom. The number of aliphatic hydroxyl groups excluding tert-OH is 1. The van der Waals surface area contributed by atoms with Gasteiger partial charge in [0.05, 0.1) is 11.0 Å². The second kappa shape index (κ2) is 5.66. The highest BCUT2D eigenvalue weighted by molar-refractivity contribution is 5.45. The van der Waals surface area contributed by atoms with Crippen molar-refractivity contribution in [2.75, 3.05) is 0 Å². The molecule has 0 amide bonds. The van der Waals surface area contributed by atoms with E-state index >= 15 is 0 Å². The molecule has 0 fully saturated rings. The molecule has 0 aliphatic heterocycles. The van der Waals surface area contributed by atoms with Crippen molar-refractivity contribution in [3.63, 3.8) is 0 Å². The fourth-order valence-corrected chi connectivity index (χ4v) is 1.77. The Hall–Kier alpha value is -2.47. The minimum Gasteiger partial charge on any atom is -0.438 e. The summed E-state index contributed by atoms with van der Waals surface area (Å²) in [4.78, 5) is 14.3. The third-order valence-electron chi connectivity index (χ3n) is 2.83. The van der Waals surface area contributed by atoms with E-state index in [1.54, 1.807) is 32.2 Å². The molecule has 1 atom stereocenters. The van der Waals surface area contributed by atoms with E-state index in [0.29, 0.717) is 22.8 Å². The van der Waals surface area contributed by atoms with E-state index in [1.807, 2.05) is 0 Å². The monoisotopic (exact) mass is 274 g/mol. The van der Waals surface area contributed by atoms with Crippen LogP contribution in [0.25, 0.3) is 0 Å². The Morgan fingerprint density at radius 3 is 2.75 bits per heavy atom. The van der Waals surface area contributed by atoms with Gasteiger partial charge in [-0.05, 0) is 37.6 Å². The van der Waals surface area contributed by atoms with Crippen LogP contribution in [-0.2, 0) is 0 Å². The third kappa shape index (κ3) is 2.92. The number of rotatable bonds is 4. The van der Waals surface area contributed by atoms with Crippen LogP contribution in [0.4, 0.5) is 5.69 Å². The average molecular weight is 274 g/mol. The second-order valence-corrected chi connectivity index (χ2v) is 4.38. The van der Waals surface area contributed by atoms with Crippen molar-refractivity contribution in [2.24, 2.45) is 0 Å². The molecule has 0 bridgehead atoms. The second-order valence-electron chi connectivity index (χ2n) is 4.38. The maximum absolute atomic E-state index is 10.7. The summed E-state index contributed by atoms with van der Waals surface area (Å²) in [7, 11) is 0. The molecule has 6 heteroatoms. The minimum absolute atomic E-state index is 0.00613. The van der Waals surface area contributed by atoms with Gasteiger partial charge in [-0.3, -0.25) is 10.1 Å². The number of ether oxygens (including phenoxy) is 1. The van der Waals surface area contributed by atoms with Crippen molar-refractivity contribution in [1.82, 2.24) is 4.98 Å². The number of pyridine rings is 1. The van der Waals surface area contributed by atoms with Gasteiger partial charge in [-0.1, -0.05) is 0 Å². The molecule has 0 spiro atoms. The molecule has 0 aliphatic rings. The molecule has 1 heterocycles. The first-order valence-corrected chi connectivity index (χ1v) is 6.05. The van der Waals surface area contributed by atoms with E-state index in [0.717, 1.165) is 0 Å². The molecule has 6 nitrogen and oxygen atoms in total. The molecule has 0 saturated heterocycles. The van der Waals surface area contributed by atoms with Gasteiger partial charge in [0, 0.05) is 23.9 Å². The normalized spacial score (nSPS) is 11.9. The SMILES string of the molecule is Cc1cc([N+](=O)[O-])ccc1Oc1ncccc1C(C)O. The van der Waals surface area contributed by atoms with E-state index in [9.17, 15) is 15.2 Å². The lowest BCUT2D eigenvalue weighted by Gasteiger charge is -2.12. The minimum atomic E-state index is -0.711. The van der Waals surface area contributed by atoms with Gasteiger partial charge in [-0.15, -0.1) is 0 Å². The maximum atomic E-state index is 10.7. The lowest BCUT2D eigenvalue weighted by molar-refractivity contribution is -0.384. The van der Waals surface area contributed by atoms with Crippen LogP contribution in [0.3, 0.4) is 0 Å². The molecular formula is C14H14N2O4. The summed E-state index contributed by atoms with van der Waals surface area (Å²) in [5, 5.41) is 20.3. The van der Waals surface area contributed by atoms with Gasteiger partial charge in [0.2, 0.25) is 5.88 Å². The first-order valence-electron chi connectivity index (χ1n) is 6.05. The topological polar surface area (TPSA) is 85.5 Å². The Kier molecular flexibility index (Phi) is 3.95. The van der Waals surface area contributed by atoms with Crippen molar-refractivity contribution in [1.29, 1.82) is 0 Å². The molecule has 0 aliphatic carbocycles. The molecule has 2 aromatic rings. The van der Waals surface area contributed by atoms with Crippen LogP contribution in [0, 0.1) is 17.0 Å². The Morgan fingerprint density at radius 2 is 2.15 bits per heavy atom. The van der Waals surface area contributed by atoms with Gasteiger partial charge in [-0.2, -0.15) is 0 Å². The zero-order valence-electron chi connectivity index (χ0n) is 11.1. The lowest BCUT2D eigenvalue weighted by atomic mass is 10.1. The van der Waals surface area contributed by atoms with Crippen LogP contribution >= 0.6 is 0 Å². The van der Waals surface area contributed by atoms with Gasteiger partial charge in [0.1, 0.15) is 5.75 Å².